The van der Waals surface area contributed by atoms with E-state index in [-0.39, 0.29) is 23.1 Å². The van der Waals surface area contributed by atoms with Crippen molar-refractivity contribution in [1.82, 2.24) is 0 Å². The topological polar surface area (TPSA) is 75.6 Å². The number of hydrogen-bond donors (Lipinski definition) is 2. The number of carbonyl (C=O) groups is 2. The van der Waals surface area contributed by atoms with Gasteiger partial charge in [-0.05, 0) is 27.8 Å². The Balaban J connectivity index is 1.35. The van der Waals surface area contributed by atoms with Crippen molar-refractivity contribution in [3.05, 3.63) is 101 Å². The maximum atomic E-state index is 12.6. The monoisotopic (exact) mass is 441 g/mol. The summed E-state index contributed by atoms with van der Waals surface area (Å²) in [6.45, 7) is 0.166. The first-order chi connectivity index (χ1) is 15.6. The van der Waals surface area contributed by atoms with Crippen molar-refractivity contribution in [2.45, 2.75) is 5.92 Å². The molecule has 1 aromatic heterocycles. The quantitative estimate of drug-likeness (QED) is 0.372. The number of anilines is 1. The van der Waals surface area contributed by atoms with Crippen molar-refractivity contribution in [3.8, 4) is 22.3 Å². The van der Waals surface area contributed by atoms with Gasteiger partial charge in [0.1, 0.15) is 17.2 Å². The minimum Gasteiger partial charge on any atom is -0.478 e. The van der Waals surface area contributed by atoms with E-state index in [9.17, 15) is 14.7 Å². The van der Waals surface area contributed by atoms with Crippen LogP contribution in [-0.2, 0) is 4.74 Å². The molecule has 5 rings (SSSR count). The molecule has 0 unspecified atom stereocenters. The van der Waals surface area contributed by atoms with Gasteiger partial charge in [-0.1, -0.05) is 78.9 Å². The maximum absolute atomic E-state index is 12.6. The number of benzene rings is 3. The van der Waals surface area contributed by atoms with Crippen LogP contribution in [0.25, 0.3) is 22.3 Å². The number of hydrogen-bond acceptors (Lipinski definition) is 4. The lowest BCUT2D eigenvalue weighted by Crippen LogP contribution is -2.18. The van der Waals surface area contributed by atoms with Crippen LogP contribution in [0.4, 0.5) is 9.80 Å². The minimum absolute atomic E-state index is 0.0599. The third kappa shape index (κ3) is 3.55. The molecule has 1 aliphatic carbocycles. The third-order valence-electron chi connectivity index (χ3n) is 5.65. The van der Waals surface area contributed by atoms with Crippen LogP contribution in [0.5, 0.6) is 0 Å². The van der Waals surface area contributed by atoms with Gasteiger partial charge >= 0.3 is 12.1 Å². The van der Waals surface area contributed by atoms with Gasteiger partial charge in [0.2, 0.25) is 0 Å². The summed E-state index contributed by atoms with van der Waals surface area (Å²) in [6.07, 6.45) is -0.671. The van der Waals surface area contributed by atoms with Gasteiger partial charge in [0.25, 0.3) is 0 Å². The van der Waals surface area contributed by atoms with E-state index in [1.165, 1.54) is 11.3 Å². The van der Waals surface area contributed by atoms with E-state index in [1.807, 2.05) is 54.6 Å². The van der Waals surface area contributed by atoms with E-state index in [0.717, 1.165) is 27.8 Å². The van der Waals surface area contributed by atoms with E-state index >= 15 is 0 Å². The van der Waals surface area contributed by atoms with Crippen LogP contribution in [-0.4, -0.2) is 23.8 Å². The molecule has 0 saturated carbocycles. The summed E-state index contributed by atoms with van der Waals surface area (Å²) < 4.78 is 5.56. The van der Waals surface area contributed by atoms with Crippen molar-refractivity contribution in [1.29, 1.82) is 0 Å². The highest BCUT2D eigenvalue weighted by molar-refractivity contribution is 7.15. The van der Waals surface area contributed by atoms with E-state index in [0.29, 0.717) is 5.56 Å². The Bertz CT molecular complexity index is 1270. The molecule has 0 saturated heterocycles. The molecule has 6 heteroatoms. The Labute approximate surface area is 188 Å². The standard InChI is InChI=1S/C26H19NO4S/c28-25(29)23-22(16-8-2-1-3-9-16)15-32-24(23)27-26(30)31-14-21-19-12-6-4-10-17(19)18-11-5-7-13-20(18)21/h1-13,15,21H,14H2,(H,27,30)(H,28,29). The zero-order chi connectivity index (χ0) is 22.1. The number of aromatic carboxylic acids is 1. The molecule has 0 radical (unpaired) electrons. The fourth-order valence-electron chi connectivity index (χ4n) is 4.22. The summed E-state index contributed by atoms with van der Waals surface area (Å²) in [4.78, 5) is 24.5. The molecule has 0 spiro atoms. The molecule has 1 aliphatic rings. The number of thiophene rings is 1. The maximum Gasteiger partial charge on any atom is 0.412 e. The predicted molar refractivity (Wildman–Crippen MR) is 125 cm³/mol. The second kappa shape index (κ2) is 8.32. The first-order valence-electron chi connectivity index (χ1n) is 10.2. The van der Waals surface area contributed by atoms with Crippen LogP contribution in [0.3, 0.4) is 0 Å². The van der Waals surface area contributed by atoms with Crippen molar-refractivity contribution in [2.24, 2.45) is 0 Å². The molecule has 0 aliphatic heterocycles. The van der Waals surface area contributed by atoms with Crippen molar-refractivity contribution in [2.75, 3.05) is 11.9 Å². The molecule has 2 N–H and O–H groups in total. The van der Waals surface area contributed by atoms with Crippen LogP contribution < -0.4 is 5.32 Å². The number of ether oxygens (including phenoxy) is 1. The fraction of sp³-hybridized carbons (Fsp3) is 0.0769. The van der Waals surface area contributed by atoms with Crippen LogP contribution in [0.1, 0.15) is 27.4 Å². The van der Waals surface area contributed by atoms with Crippen molar-refractivity contribution < 1.29 is 19.4 Å². The highest BCUT2D eigenvalue weighted by Gasteiger charge is 2.29. The zero-order valence-corrected chi connectivity index (χ0v) is 17.8. The summed E-state index contributed by atoms with van der Waals surface area (Å²) in [5.41, 5.74) is 5.95. The molecule has 1 heterocycles. The number of nitrogens with one attached hydrogen (secondary N) is 1. The van der Waals surface area contributed by atoms with Crippen LogP contribution in [0.2, 0.25) is 0 Å². The summed E-state index contributed by atoms with van der Waals surface area (Å²) >= 11 is 1.17. The Hall–Kier alpha value is -3.90. The molecule has 3 aromatic carbocycles. The smallest absolute Gasteiger partial charge is 0.412 e. The van der Waals surface area contributed by atoms with Crippen LogP contribution in [0, 0.1) is 0 Å². The number of carbonyl (C=O) groups excluding carboxylic acids is 1. The highest BCUT2D eigenvalue weighted by atomic mass is 32.1. The lowest BCUT2D eigenvalue weighted by molar-refractivity contribution is 0.0699. The van der Waals surface area contributed by atoms with E-state index in [4.69, 9.17) is 4.74 Å². The normalized spacial score (nSPS) is 12.1. The number of fused-ring (bicyclic) bond motifs is 3. The summed E-state index contributed by atoms with van der Waals surface area (Å²) in [5, 5.41) is 14.4. The summed E-state index contributed by atoms with van der Waals surface area (Å²) in [5.74, 6) is -1.16. The molecule has 0 fully saturated rings. The van der Waals surface area contributed by atoms with Gasteiger partial charge in [-0.15, -0.1) is 11.3 Å². The lowest BCUT2D eigenvalue weighted by atomic mass is 9.98. The second-order valence-corrected chi connectivity index (χ2v) is 8.35. The molecule has 5 nitrogen and oxygen atoms in total. The third-order valence-corrected chi connectivity index (χ3v) is 6.54. The summed E-state index contributed by atoms with van der Waals surface area (Å²) in [6, 6.07) is 25.4. The predicted octanol–water partition coefficient (Wildman–Crippen LogP) is 6.47. The van der Waals surface area contributed by atoms with Gasteiger partial charge in [0.05, 0.1) is 0 Å². The first kappa shape index (κ1) is 20.0. The molecular formula is C26H19NO4S. The van der Waals surface area contributed by atoms with Crippen molar-refractivity contribution >= 4 is 28.4 Å². The molecule has 4 aromatic rings. The van der Waals surface area contributed by atoms with Gasteiger partial charge < -0.3 is 9.84 Å². The SMILES string of the molecule is O=C(Nc1scc(-c2ccccc2)c1C(=O)O)OCC1c2ccccc2-c2ccccc21. The Morgan fingerprint density at radius 2 is 1.44 bits per heavy atom. The first-order valence-corrected chi connectivity index (χ1v) is 11.0. The van der Waals surface area contributed by atoms with Crippen LogP contribution in [0.15, 0.2) is 84.2 Å². The van der Waals surface area contributed by atoms with Gasteiger partial charge in [-0.25, -0.2) is 9.59 Å². The molecule has 1 amide bonds. The van der Waals surface area contributed by atoms with Gasteiger partial charge in [-0.2, -0.15) is 0 Å². The van der Waals surface area contributed by atoms with E-state index in [2.05, 4.69) is 29.6 Å². The minimum atomic E-state index is -1.10. The highest BCUT2D eigenvalue weighted by Crippen LogP contribution is 2.44. The molecule has 0 atom stereocenters. The molecule has 0 bridgehead atoms. The number of carboxylic acid groups (broad SMARTS) is 1. The Morgan fingerprint density at radius 1 is 0.844 bits per heavy atom. The number of carboxylic acids is 1. The average Bonchev–Trinajstić information content (AvgIpc) is 3.38. The second-order valence-electron chi connectivity index (χ2n) is 7.48. The number of amides is 1. The fourth-order valence-corrected chi connectivity index (χ4v) is 5.17. The lowest BCUT2D eigenvalue weighted by Gasteiger charge is -2.14. The van der Waals surface area contributed by atoms with E-state index in [1.54, 1.807) is 5.38 Å². The van der Waals surface area contributed by atoms with Gasteiger partial charge in [0, 0.05) is 16.9 Å². The van der Waals surface area contributed by atoms with Gasteiger partial charge in [-0.3, -0.25) is 5.32 Å². The Morgan fingerprint density at radius 3 is 2.06 bits per heavy atom. The molecule has 32 heavy (non-hydrogen) atoms. The largest absolute Gasteiger partial charge is 0.478 e. The number of rotatable bonds is 5. The van der Waals surface area contributed by atoms with E-state index < -0.39 is 12.1 Å². The zero-order valence-electron chi connectivity index (χ0n) is 16.9. The molecule has 158 valence electrons. The van der Waals surface area contributed by atoms with Gasteiger partial charge in [0.15, 0.2) is 0 Å². The molecular weight excluding hydrogens is 422 g/mol. The summed E-state index contributed by atoms with van der Waals surface area (Å²) in [7, 11) is 0. The average molecular weight is 442 g/mol. The van der Waals surface area contributed by atoms with Crippen LogP contribution >= 0.6 is 11.3 Å². The van der Waals surface area contributed by atoms with Crippen molar-refractivity contribution in [3.63, 3.8) is 0 Å². The Kier molecular flexibility index (Phi) is 5.21.